The standard InChI is InChI=1S/C31H36N8O6S/c1-20-4-6-21(7-5-20)16-17-33-28-36-29(34-19-23-10-14-25(15-11-23)46(32,43)44)38-30(37-28)35-26(27(40)41)18-22-8-12-24(13-9-22)45-31(42)39(2)3/h4-15,26H,16-19H2,1-3H3,(H,40,41)(H2,32,43,44)(H3,33,34,35,36,37,38)/t26-/m0/s1. The number of amides is 1. The molecule has 1 atom stereocenters. The van der Waals surface area contributed by atoms with Crippen LogP contribution in [0.2, 0.25) is 0 Å². The second kappa shape index (κ2) is 15.1. The molecule has 0 radical (unpaired) electrons. The van der Waals surface area contributed by atoms with Gasteiger partial charge in [-0.05, 0) is 54.3 Å². The molecule has 242 valence electrons. The molecule has 0 spiro atoms. The van der Waals surface area contributed by atoms with Crippen molar-refractivity contribution in [3.63, 3.8) is 0 Å². The molecule has 0 bridgehead atoms. The molecule has 4 aromatic rings. The van der Waals surface area contributed by atoms with Crippen LogP contribution >= 0.6 is 0 Å². The van der Waals surface area contributed by atoms with E-state index in [2.05, 4.69) is 30.9 Å². The summed E-state index contributed by atoms with van der Waals surface area (Å²) in [6.07, 6.45) is 0.255. The minimum Gasteiger partial charge on any atom is -0.480 e. The highest BCUT2D eigenvalue weighted by atomic mass is 32.2. The van der Waals surface area contributed by atoms with Crippen molar-refractivity contribution in [2.45, 2.75) is 37.2 Å². The second-order valence-electron chi connectivity index (χ2n) is 10.7. The molecule has 1 aromatic heterocycles. The molecule has 46 heavy (non-hydrogen) atoms. The Kier molecular flexibility index (Phi) is 11.1. The number of hydrogen-bond acceptors (Lipinski definition) is 11. The van der Waals surface area contributed by atoms with Crippen LogP contribution in [0.15, 0.2) is 77.7 Å². The van der Waals surface area contributed by atoms with Gasteiger partial charge in [0.2, 0.25) is 27.9 Å². The molecule has 1 amide bonds. The topological polar surface area (TPSA) is 202 Å². The number of aliphatic carboxylic acids is 1. The summed E-state index contributed by atoms with van der Waals surface area (Å²) in [5.41, 5.74) is 3.70. The number of carboxylic acid groups (broad SMARTS) is 1. The summed E-state index contributed by atoms with van der Waals surface area (Å²) < 4.78 is 28.4. The van der Waals surface area contributed by atoms with Crippen LogP contribution in [0.5, 0.6) is 5.75 Å². The zero-order chi connectivity index (χ0) is 33.3. The van der Waals surface area contributed by atoms with Crippen LogP contribution in [0.25, 0.3) is 0 Å². The van der Waals surface area contributed by atoms with Crippen molar-refractivity contribution < 1.29 is 27.9 Å². The number of hydrogen-bond donors (Lipinski definition) is 5. The van der Waals surface area contributed by atoms with E-state index in [4.69, 9.17) is 9.88 Å². The fraction of sp³-hybridized carbons (Fsp3) is 0.258. The number of nitrogens with one attached hydrogen (secondary N) is 3. The van der Waals surface area contributed by atoms with Crippen LogP contribution in [0.3, 0.4) is 0 Å². The first-order valence-electron chi connectivity index (χ1n) is 14.2. The largest absolute Gasteiger partial charge is 0.480 e. The van der Waals surface area contributed by atoms with E-state index in [0.29, 0.717) is 24.3 Å². The predicted octanol–water partition coefficient (Wildman–Crippen LogP) is 3.26. The third-order valence-electron chi connectivity index (χ3n) is 6.69. The Morgan fingerprint density at radius 3 is 2.00 bits per heavy atom. The number of aromatic nitrogens is 3. The molecular formula is C31H36N8O6S. The Hall–Kier alpha value is -5.28. The van der Waals surface area contributed by atoms with E-state index < -0.39 is 28.1 Å². The number of aryl methyl sites for hydroxylation is 1. The van der Waals surface area contributed by atoms with E-state index in [1.165, 1.54) is 17.0 Å². The van der Waals surface area contributed by atoms with Crippen molar-refractivity contribution in [2.24, 2.45) is 5.14 Å². The van der Waals surface area contributed by atoms with Crippen molar-refractivity contribution in [1.29, 1.82) is 0 Å². The van der Waals surface area contributed by atoms with Gasteiger partial charge in [-0.3, -0.25) is 0 Å². The van der Waals surface area contributed by atoms with Gasteiger partial charge in [-0.1, -0.05) is 54.1 Å². The van der Waals surface area contributed by atoms with E-state index in [-0.39, 0.29) is 35.7 Å². The van der Waals surface area contributed by atoms with Crippen molar-refractivity contribution >= 4 is 39.9 Å². The normalized spacial score (nSPS) is 11.7. The molecule has 0 fully saturated rings. The highest BCUT2D eigenvalue weighted by Crippen LogP contribution is 2.18. The van der Waals surface area contributed by atoms with E-state index in [1.807, 2.05) is 31.2 Å². The van der Waals surface area contributed by atoms with Gasteiger partial charge in [0.15, 0.2) is 0 Å². The van der Waals surface area contributed by atoms with E-state index >= 15 is 0 Å². The Morgan fingerprint density at radius 2 is 1.41 bits per heavy atom. The first-order chi connectivity index (χ1) is 21.9. The molecule has 1 heterocycles. The third kappa shape index (κ3) is 10.1. The van der Waals surface area contributed by atoms with Crippen molar-refractivity contribution in [3.8, 4) is 5.75 Å². The summed E-state index contributed by atoms with van der Waals surface area (Å²) in [5.74, 6) is -0.364. The second-order valence-corrected chi connectivity index (χ2v) is 12.2. The van der Waals surface area contributed by atoms with Gasteiger partial charge in [0.25, 0.3) is 0 Å². The number of ether oxygens (including phenoxy) is 1. The molecule has 0 saturated carbocycles. The average Bonchev–Trinajstić information content (AvgIpc) is 3.01. The van der Waals surface area contributed by atoms with E-state index in [0.717, 1.165) is 16.7 Å². The molecule has 3 aromatic carbocycles. The number of benzene rings is 3. The number of carbonyl (C=O) groups excluding carboxylic acids is 1. The van der Waals surface area contributed by atoms with Crippen LogP contribution < -0.4 is 25.8 Å². The first kappa shape index (κ1) is 33.6. The molecule has 0 aliphatic rings. The maximum absolute atomic E-state index is 12.2. The number of nitrogens with two attached hydrogens (primary N) is 1. The molecule has 15 heteroatoms. The molecule has 0 saturated heterocycles. The van der Waals surface area contributed by atoms with Gasteiger partial charge in [-0.25, -0.2) is 23.1 Å². The Morgan fingerprint density at radius 1 is 0.848 bits per heavy atom. The summed E-state index contributed by atoms with van der Waals surface area (Å²) in [6, 6.07) is 19.6. The van der Waals surface area contributed by atoms with Gasteiger partial charge in [0.05, 0.1) is 4.90 Å². The first-order valence-corrected chi connectivity index (χ1v) is 15.8. The number of primary sulfonamides is 1. The number of rotatable bonds is 14. The highest BCUT2D eigenvalue weighted by Gasteiger charge is 2.21. The van der Waals surface area contributed by atoms with Crippen molar-refractivity contribution in [3.05, 3.63) is 95.1 Å². The number of sulfonamides is 1. The zero-order valence-corrected chi connectivity index (χ0v) is 26.4. The zero-order valence-electron chi connectivity index (χ0n) is 25.6. The number of nitrogens with zero attached hydrogens (tertiary/aromatic N) is 4. The van der Waals surface area contributed by atoms with Gasteiger partial charge < -0.3 is 30.7 Å². The Bertz CT molecular complexity index is 1750. The number of carbonyl (C=O) groups is 2. The lowest BCUT2D eigenvalue weighted by atomic mass is 10.1. The maximum Gasteiger partial charge on any atom is 0.414 e. The van der Waals surface area contributed by atoms with Crippen molar-refractivity contribution in [1.82, 2.24) is 19.9 Å². The molecule has 4 rings (SSSR count). The van der Waals surface area contributed by atoms with Gasteiger partial charge in [-0.2, -0.15) is 15.0 Å². The number of carboxylic acids is 1. The monoisotopic (exact) mass is 648 g/mol. The lowest BCUT2D eigenvalue weighted by Gasteiger charge is -2.17. The summed E-state index contributed by atoms with van der Waals surface area (Å²) in [6.45, 7) is 2.77. The van der Waals surface area contributed by atoms with Gasteiger partial charge >= 0.3 is 12.1 Å². The lowest BCUT2D eigenvalue weighted by molar-refractivity contribution is -0.137. The van der Waals surface area contributed by atoms with Crippen LogP contribution in [0.4, 0.5) is 22.6 Å². The summed E-state index contributed by atoms with van der Waals surface area (Å²) in [7, 11) is -0.679. The quantitative estimate of drug-likeness (QED) is 0.134. The highest BCUT2D eigenvalue weighted by molar-refractivity contribution is 7.89. The van der Waals surface area contributed by atoms with Crippen LogP contribution in [0.1, 0.15) is 22.3 Å². The van der Waals surface area contributed by atoms with Crippen LogP contribution in [-0.2, 0) is 34.2 Å². The minimum atomic E-state index is -3.82. The average molecular weight is 649 g/mol. The maximum atomic E-state index is 12.2. The molecule has 6 N–H and O–H groups in total. The smallest absolute Gasteiger partial charge is 0.414 e. The lowest BCUT2D eigenvalue weighted by Crippen LogP contribution is -2.32. The molecular weight excluding hydrogens is 612 g/mol. The van der Waals surface area contributed by atoms with Gasteiger partial charge in [0, 0.05) is 33.6 Å². The summed E-state index contributed by atoms with van der Waals surface area (Å²) in [4.78, 5) is 38.6. The fourth-order valence-electron chi connectivity index (χ4n) is 4.13. The summed E-state index contributed by atoms with van der Waals surface area (Å²) in [5, 5.41) is 24.3. The predicted molar refractivity (Wildman–Crippen MR) is 173 cm³/mol. The fourth-order valence-corrected chi connectivity index (χ4v) is 4.64. The molecule has 0 aliphatic heterocycles. The molecule has 0 aliphatic carbocycles. The van der Waals surface area contributed by atoms with Gasteiger partial charge in [0.1, 0.15) is 11.8 Å². The Labute approximate surface area is 267 Å². The van der Waals surface area contributed by atoms with E-state index in [1.54, 1.807) is 50.5 Å². The third-order valence-corrected chi connectivity index (χ3v) is 7.62. The molecule has 14 nitrogen and oxygen atoms in total. The SMILES string of the molecule is Cc1ccc(CCNc2nc(NCc3ccc(S(N)(=O)=O)cc3)nc(N[C@@H](Cc3ccc(OC(=O)N(C)C)cc3)C(=O)O)n2)cc1. The number of anilines is 3. The van der Waals surface area contributed by atoms with Crippen LogP contribution in [0, 0.1) is 6.92 Å². The molecule has 0 unspecified atom stereocenters. The van der Waals surface area contributed by atoms with E-state index in [9.17, 15) is 23.1 Å². The van der Waals surface area contributed by atoms with Crippen molar-refractivity contribution in [2.75, 3.05) is 36.6 Å². The van der Waals surface area contributed by atoms with Crippen LogP contribution in [-0.4, -0.2) is 72.1 Å². The summed E-state index contributed by atoms with van der Waals surface area (Å²) >= 11 is 0. The Balaban J connectivity index is 1.50. The van der Waals surface area contributed by atoms with Gasteiger partial charge in [-0.15, -0.1) is 0 Å². The minimum absolute atomic E-state index is 0.00751.